The number of ether oxygens (including phenoxy) is 1. The van der Waals surface area contributed by atoms with Crippen molar-refractivity contribution in [1.29, 1.82) is 5.26 Å². The van der Waals surface area contributed by atoms with Crippen LogP contribution in [0, 0.1) is 17.2 Å². The van der Waals surface area contributed by atoms with Gasteiger partial charge in [-0.3, -0.25) is 0 Å². The molecule has 0 aromatic carbocycles. The molecule has 1 heterocycles. The quantitative estimate of drug-likeness (QED) is 0.772. The van der Waals surface area contributed by atoms with Crippen LogP contribution in [0.2, 0.25) is 0 Å². The van der Waals surface area contributed by atoms with E-state index in [-0.39, 0.29) is 0 Å². The van der Waals surface area contributed by atoms with Gasteiger partial charge in [0.1, 0.15) is 0 Å². The summed E-state index contributed by atoms with van der Waals surface area (Å²) in [5, 5.41) is 7.77. The van der Waals surface area contributed by atoms with E-state index in [1.54, 1.807) is 13.0 Å². The number of sulfonamides is 1. The molecule has 0 aliphatic carbocycles. The van der Waals surface area contributed by atoms with E-state index in [4.69, 9.17) is 10.00 Å². The third kappa shape index (κ3) is 3.74. The van der Waals surface area contributed by atoms with Crippen molar-refractivity contribution in [2.24, 2.45) is 5.92 Å². The van der Waals surface area contributed by atoms with Crippen molar-refractivity contribution in [2.75, 3.05) is 19.8 Å². The van der Waals surface area contributed by atoms with Crippen molar-refractivity contribution in [2.45, 2.75) is 31.4 Å². The van der Waals surface area contributed by atoms with E-state index >= 15 is 0 Å². The Hall–Kier alpha value is -0.640. The van der Waals surface area contributed by atoms with Gasteiger partial charge in [0, 0.05) is 19.8 Å². The zero-order chi connectivity index (χ0) is 12.0. The average Bonchev–Trinajstić information content (AvgIpc) is 2.29. The summed E-state index contributed by atoms with van der Waals surface area (Å²) in [6.45, 7) is 3.51. The first-order valence-corrected chi connectivity index (χ1v) is 7.10. The molecule has 0 spiro atoms. The van der Waals surface area contributed by atoms with Crippen LogP contribution in [0.25, 0.3) is 0 Å². The molecule has 5 nitrogen and oxygen atoms in total. The zero-order valence-electron chi connectivity index (χ0n) is 9.48. The molecule has 1 aliphatic rings. The standard InChI is InChI=1S/C10H18N2O3S/c1-2-10(7-11)16(13,14)12-8-9-3-5-15-6-4-9/h9-10,12H,2-6,8H2,1H3. The molecule has 1 saturated heterocycles. The van der Waals surface area contributed by atoms with Gasteiger partial charge in [-0.05, 0) is 25.2 Å². The van der Waals surface area contributed by atoms with E-state index in [0.29, 0.717) is 32.1 Å². The first kappa shape index (κ1) is 13.4. The fraction of sp³-hybridized carbons (Fsp3) is 0.900. The lowest BCUT2D eigenvalue weighted by Crippen LogP contribution is -2.37. The molecule has 1 rings (SSSR count). The van der Waals surface area contributed by atoms with E-state index in [1.165, 1.54) is 0 Å². The smallest absolute Gasteiger partial charge is 0.227 e. The highest BCUT2D eigenvalue weighted by Crippen LogP contribution is 2.14. The zero-order valence-corrected chi connectivity index (χ0v) is 10.3. The van der Waals surface area contributed by atoms with Gasteiger partial charge in [0.25, 0.3) is 0 Å². The Balaban J connectivity index is 2.44. The van der Waals surface area contributed by atoms with Crippen molar-refractivity contribution >= 4 is 10.0 Å². The number of hydrogen-bond donors (Lipinski definition) is 1. The third-order valence-corrected chi connectivity index (χ3v) is 4.56. The maximum Gasteiger partial charge on any atom is 0.227 e. The van der Waals surface area contributed by atoms with Crippen LogP contribution in [0.4, 0.5) is 0 Å². The number of hydrogen-bond acceptors (Lipinski definition) is 4. The molecule has 92 valence electrons. The van der Waals surface area contributed by atoms with Gasteiger partial charge in [0.15, 0.2) is 5.25 Å². The minimum Gasteiger partial charge on any atom is -0.381 e. The van der Waals surface area contributed by atoms with E-state index in [1.807, 2.05) is 0 Å². The van der Waals surface area contributed by atoms with Crippen LogP contribution in [0.1, 0.15) is 26.2 Å². The van der Waals surface area contributed by atoms with Crippen molar-refractivity contribution < 1.29 is 13.2 Å². The number of nitrogens with one attached hydrogen (secondary N) is 1. The van der Waals surface area contributed by atoms with Crippen LogP contribution in [-0.4, -0.2) is 33.4 Å². The highest BCUT2D eigenvalue weighted by atomic mass is 32.2. The molecule has 0 radical (unpaired) electrons. The van der Waals surface area contributed by atoms with Gasteiger partial charge >= 0.3 is 0 Å². The second kappa shape index (κ2) is 6.18. The largest absolute Gasteiger partial charge is 0.381 e. The Labute approximate surface area is 96.8 Å². The fourth-order valence-corrected chi connectivity index (χ4v) is 2.91. The molecule has 1 unspecified atom stereocenters. The number of rotatable bonds is 5. The summed E-state index contributed by atoms with van der Waals surface area (Å²) in [7, 11) is -3.47. The molecule has 6 heteroatoms. The Kier molecular flexibility index (Phi) is 5.19. The molecule has 0 amide bonds. The van der Waals surface area contributed by atoms with E-state index in [2.05, 4.69) is 4.72 Å². The number of nitrogens with zero attached hydrogens (tertiary/aromatic N) is 1. The minimum atomic E-state index is -3.47. The summed E-state index contributed by atoms with van der Waals surface area (Å²) in [4.78, 5) is 0. The summed E-state index contributed by atoms with van der Waals surface area (Å²) in [6.07, 6.45) is 2.08. The van der Waals surface area contributed by atoms with Gasteiger partial charge in [-0.1, -0.05) is 6.92 Å². The fourth-order valence-electron chi connectivity index (χ4n) is 1.67. The molecule has 0 aromatic rings. The monoisotopic (exact) mass is 246 g/mol. The lowest BCUT2D eigenvalue weighted by atomic mass is 10.0. The van der Waals surface area contributed by atoms with Gasteiger partial charge in [-0.2, -0.15) is 5.26 Å². The molecular weight excluding hydrogens is 228 g/mol. The van der Waals surface area contributed by atoms with Crippen LogP contribution in [0.15, 0.2) is 0 Å². The van der Waals surface area contributed by atoms with Gasteiger partial charge in [-0.15, -0.1) is 0 Å². The number of nitriles is 1. The van der Waals surface area contributed by atoms with Crippen molar-refractivity contribution in [3.8, 4) is 6.07 Å². The van der Waals surface area contributed by atoms with Crippen LogP contribution in [0.3, 0.4) is 0 Å². The lowest BCUT2D eigenvalue weighted by Gasteiger charge is -2.22. The van der Waals surface area contributed by atoms with Crippen LogP contribution < -0.4 is 4.72 Å². The van der Waals surface area contributed by atoms with Crippen molar-refractivity contribution in [3.05, 3.63) is 0 Å². The Morgan fingerprint density at radius 3 is 2.62 bits per heavy atom. The molecule has 1 fully saturated rings. The van der Waals surface area contributed by atoms with E-state index in [9.17, 15) is 8.42 Å². The van der Waals surface area contributed by atoms with E-state index < -0.39 is 15.3 Å². The summed E-state index contributed by atoms with van der Waals surface area (Å²) >= 11 is 0. The summed E-state index contributed by atoms with van der Waals surface area (Å²) < 4.78 is 31.1. The van der Waals surface area contributed by atoms with Gasteiger partial charge in [0.05, 0.1) is 6.07 Å². The Bertz CT molecular complexity index is 342. The molecule has 0 aromatic heterocycles. The molecule has 1 aliphatic heterocycles. The van der Waals surface area contributed by atoms with Gasteiger partial charge < -0.3 is 4.74 Å². The minimum absolute atomic E-state index is 0.319. The summed E-state index contributed by atoms with van der Waals surface area (Å²) in [5.41, 5.74) is 0. The Morgan fingerprint density at radius 2 is 2.12 bits per heavy atom. The van der Waals surface area contributed by atoms with Crippen molar-refractivity contribution in [1.82, 2.24) is 4.72 Å². The van der Waals surface area contributed by atoms with Crippen LogP contribution in [-0.2, 0) is 14.8 Å². The summed E-state index contributed by atoms with van der Waals surface area (Å²) in [6, 6.07) is 1.80. The average molecular weight is 246 g/mol. The lowest BCUT2D eigenvalue weighted by molar-refractivity contribution is 0.0678. The van der Waals surface area contributed by atoms with Crippen molar-refractivity contribution in [3.63, 3.8) is 0 Å². The third-order valence-electron chi connectivity index (χ3n) is 2.80. The van der Waals surface area contributed by atoms with Crippen LogP contribution >= 0.6 is 0 Å². The Morgan fingerprint density at radius 1 is 1.50 bits per heavy atom. The SMILES string of the molecule is CCC(C#N)S(=O)(=O)NCC1CCOCC1. The maximum atomic E-state index is 11.7. The van der Waals surface area contributed by atoms with E-state index in [0.717, 1.165) is 12.8 Å². The summed E-state index contributed by atoms with van der Waals surface area (Å²) in [5.74, 6) is 0.333. The predicted molar refractivity (Wildman–Crippen MR) is 60.2 cm³/mol. The molecule has 0 saturated carbocycles. The topological polar surface area (TPSA) is 79.2 Å². The second-order valence-electron chi connectivity index (χ2n) is 3.98. The molecule has 1 N–H and O–H groups in total. The predicted octanol–water partition coefficient (Wildman–Crippen LogP) is 0.635. The molecule has 1 atom stereocenters. The van der Waals surface area contributed by atoms with Gasteiger partial charge in [0.2, 0.25) is 10.0 Å². The highest BCUT2D eigenvalue weighted by Gasteiger charge is 2.24. The maximum absolute atomic E-state index is 11.7. The first-order valence-electron chi connectivity index (χ1n) is 5.56. The first-order chi connectivity index (χ1) is 7.60. The molecule has 0 bridgehead atoms. The second-order valence-corrected chi connectivity index (χ2v) is 5.92. The molecular formula is C10H18N2O3S. The highest BCUT2D eigenvalue weighted by molar-refractivity contribution is 7.90. The van der Waals surface area contributed by atoms with Crippen LogP contribution in [0.5, 0.6) is 0 Å². The normalized spacial score (nSPS) is 20.2. The molecule has 16 heavy (non-hydrogen) atoms. The van der Waals surface area contributed by atoms with Gasteiger partial charge in [-0.25, -0.2) is 13.1 Å².